The molecule has 3 atom stereocenters. The number of Topliss-reactive ketones (excluding diaryl/α,β-unsaturated/α-hetero) is 1. The number of benzene rings is 3. The van der Waals surface area contributed by atoms with Gasteiger partial charge in [-0.05, 0) is 61.6 Å². The van der Waals surface area contributed by atoms with Crippen molar-refractivity contribution in [2.75, 3.05) is 33.1 Å². The van der Waals surface area contributed by atoms with E-state index in [0.29, 0.717) is 28.3 Å². The van der Waals surface area contributed by atoms with E-state index in [1.54, 1.807) is 30.1 Å². The molecule has 3 aromatic carbocycles. The summed E-state index contributed by atoms with van der Waals surface area (Å²) in [6.45, 7) is 0.271. The molecule has 0 aliphatic carbocycles. The molecule has 1 fully saturated rings. The van der Waals surface area contributed by atoms with E-state index in [4.69, 9.17) is 9.47 Å². The Bertz CT molecular complexity index is 1390. The van der Waals surface area contributed by atoms with Crippen molar-refractivity contribution in [2.45, 2.75) is 11.5 Å². The van der Waals surface area contributed by atoms with E-state index in [1.807, 2.05) is 0 Å². The first-order chi connectivity index (χ1) is 17.2. The molecule has 2 aliphatic rings. The van der Waals surface area contributed by atoms with Crippen LogP contribution >= 0.6 is 0 Å². The highest BCUT2D eigenvalue weighted by molar-refractivity contribution is 6.12. The fourth-order valence-corrected chi connectivity index (χ4v) is 5.68. The minimum atomic E-state index is -1.53. The Hall–Kier alpha value is -4.11. The van der Waals surface area contributed by atoms with Gasteiger partial charge in [-0.15, -0.1) is 0 Å². The van der Waals surface area contributed by atoms with Crippen molar-refractivity contribution in [3.8, 4) is 23.0 Å². The van der Waals surface area contributed by atoms with Crippen LogP contribution in [0.15, 0.2) is 54.6 Å². The van der Waals surface area contributed by atoms with Gasteiger partial charge in [-0.3, -0.25) is 14.5 Å². The third-order valence-corrected chi connectivity index (χ3v) is 7.29. The number of nitrogens with zero attached hydrogens (tertiary/aromatic N) is 1. The molecule has 36 heavy (non-hydrogen) atoms. The number of likely N-dealkylation sites (N-methyl/N-ethyl adjacent to an activating group) is 1. The molecule has 1 unspecified atom stereocenters. The predicted octanol–water partition coefficient (Wildman–Crippen LogP) is 3.63. The summed E-state index contributed by atoms with van der Waals surface area (Å²) in [5.41, 5.74) is 0.0217. The summed E-state index contributed by atoms with van der Waals surface area (Å²) in [6, 6.07) is 13.0. The van der Waals surface area contributed by atoms with E-state index >= 15 is 0 Å². The van der Waals surface area contributed by atoms with Gasteiger partial charge in [0, 0.05) is 34.8 Å². The van der Waals surface area contributed by atoms with Crippen LogP contribution in [0.4, 0.5) is 10.1 Å². The van der Waals surface area contributed by atoms with Crippen LogP contribution in [0.2, 0.25) is 0 Å². The molecule has 3 aromatic rings. The number of fused-ring (bicyclic) bond motifs is 2. The molecule has 5 rings (SSSR count). The number of hydrogen-bond donors (Lipinski definition) is 3. The first-order valence-electron chi connectivity index (χ1n) is 11.3. The number of nitrogens with one attached hydrogen (secondary N) is 1. The zero-order chi connectivity index (χ0) is 25.8. The second kappa shape index (κ2) is 8.53. The number of ether oxygens (including phenoxy) is 2. The third-order valence-electron chi connectivity index (χ3n) is 7.29. The van der Waals surface area contributed by atoms with Crippen LogP contribution in [-0.4, -0.2) is 54.6 Å². The summed E-state index contributed by atoms with van der Waals surface area (Å²) in [6.07, 6.45) is 0. The minimum absolute atomic E-state index is 0.106. The number of phenols is 2. The van der Waals surface area contributed by atoms with Crippen molar-refractivity contribution in [2.24, 2.45) is 5.92 Å². The summed E-state index contributed by atoms with van der Waals surface area (Å²) >= 11 is 0. The smallest absolute Gasteiger partial charge is 0.250 e. The summed E-state index contributed by atoms with van der Waals surface area (Å²) in [5, 5.41) is 22.7. The number of carbonyl (C=O) groups excluding carboxylic acids is 2. The van der Waals surface area contributed by atoms with E-state index < -0.39 is 40.6 Å². The van der Waals surface area contributed by atoms with E-state index in [0.717, 1.165) is 0 Å². The van der Waals surface area contributed by atoms with Gasteiger partial charge in [0.15, 0.2) is 17.3 Å². The summed E-state index contributed by atoms with van der Waals surface area (Å²) < 4.78 is 25.5. The van der Waals surface area contributed by atoms with Crippen molar-refractivity contribution in [3.63, 3.8) is 0 Å². The van der Waals surface area contributed by atoms with E-state index in [1.165, 1.54) is 50.6 Å². The largest absolute Gasteiger partial charge is 0.504 e. The van der Waals surface area contributed by atoms with Crippen molar-refractivity contribution >= 4 is 17.4 Å². The molecular formula is C27H25FN2O6. The molecule has 3 N–H and O–H groups in total. The number of anilines is 1. The van der Waals surface area contributed by atoms with Gasteiger partial charge in [-0.1, -0.05) is 0 Å². The number of hydrogen-bond acceptors (Lipinski definition) is 7. The second-order valence-electron chi connectivity index (χ2n) is 9.05. The predicted molar refractivity (Wildman–Crippen MR) is 129 cm³/mol. The Morgan fingerprint density at radius 2 is 1.83 bits per heavy atom. The molecule has 9 heteroatoms. The Morgan fingerprint density at radius 3 is 2.53 bits per heavy atom. The number of amides is 1. The number of aromatic hydroxyl groups is 2. The van der Waals surface area contributed by atoms with E-state index in [2.05, 4.69) is 5.32 Å². The highest BCUT2D eigenvalue weighted by Gasteiger charge is 2.64. The highest BCUT2D eigenvalue weighted by Crippen LogP contribution is 2.57. The van der Waals surface area contributed by atoms with Crippen LogP contribution < -0.4 is 14.8 Å². The van der Waals surface area contributed by atoms with Gasteiger partial charge < -0.3 is 25.0 Å². The Morgan fingerprint density at radius 1 is 1.06 bits per heavy atom. The normalized spacial score (nSPS) is 22.9. The molecule has 2 aliphatic heterocycles. The molecule has 0 aromatic heterocycles. The molecule has 1 spiro atoms. The number of likely N-dealkylation sites (tertiary alicyclic amines) is 1. The lowest BCUT2D eigenvalue weighted by molar-refractivity contribution is -0.126. The molecule has 8 nitrogen and oxygen atoms in total. The molecule has 1 saturated heterocycles. The Kier molecular flexibility index (Phi) is 5.60. The molecule has 1 amide bonds. The lowest BCUT2D eigenvalue weighted by Gasteiger charge is -2.35. The van der Waals surface area contributed by atoms with Gasteiger partial charge in [-0.25, -0.2) is 4.39 Å². The lowest BCUT2D eigenvalue weighted by atomic mass is 9.70. The molecular weight excluding hydrogens is 467 g/mol. The summed E-state index contributed by atoms with van der Waals surface area (Å²) in [4.78, 5) is 29.7. The van der Waals surface area contributed by atoms with Crippen molar-refractivity contribution in [1.29, 1.82) is 0 Å². The van der Waals surface area contributed by atoms with Gasteiger partial charge in [0.05, 0.1) is 20.1 Å². The summed E-state index contributed by atoms with van der Waals surface area (Å²) in [5.74, 6) is -2.80. The fraction of sp³-hybridized carbons (Fsp3) is 0.259. The van der Waals surface area contributed by atoms with Crippen LogP contribution in [0.3, 0.4) is 0 Å². The molecule has 0 bridgehead atoms. The maximum absolute atomic E-state index is 14.5. The zero-order valence-electron chi connectivity index (χ0n) is 19.9. The molecule has 0 radical (unpaired) electrons. The van der Waals surface area contributed by atoms with Gasteiger partial charge in [-0.2, -0.15) is 0 Å². The fourth-order valence-electron chi connectivity index (χ4n) is 5.68. The maximum Gasteiger partial charge on any atom is 0.250 e. The van der Waals surface area contributed by atoms with Crippen LogP contribution in [-0.2, 0) is 10.3 Å². The topological polar surface area (TPSA) is 108 Å². The second-order valence-corrected chi connectivity index (χ2v) is 9.05. The number of ketones is 1. The molecule has 2 heterocycles. The number of methoxy groups -OCH3 is 2. The first kappa shape index (κ1) is 23.6. The average molecular weight is 493 g/mol. The zero-order valence-corrected chi connectivity index (χ0v) is 19.9. The Labute approximate surface area is 206 Å². The first-order valence-corrected chi connectivity index (χ1v) is 11.3. The van der Waals surface area contributed by atoms with Gasteiger partial charge in [0.25, 0.3) is 0 Å². The van der Waals surface area contributed by atoms with Crippen LogP contribution in [0.5, 0.6) is 23.0 Å². The van der Waals surface area contributed by atoms with Gasteiger partial charge in [0.1, 0.15) is 22.9 Å². The number of phenolic OH excluding ortho intramolecular Hbond substituents is 2. The number of halogens is 1. The highest BCUT2D eigenvalue weighted by atomic mass is 19.1. The van der Waals surface area contributed by atoms with Crippen LogP contribution in [0.1, 0.15) is 27.4 Å². The Balaban J connectivity index is 1.77. The minimum Gasteiger partial charge on any atom is -0.504 e. The standard InChI is InChI=1S/C27H25FN2O6/c1-30-13-18(17-12-16(35-2)6-9-23(17)36-3)24(25(33)14-4-8-21(31)22(32)10-14)27(30)19-11-15(28)5-7-20(19)29-26(27)34/h4-12,18,24,31-32H,13H2,1-3H3,(H,29,34)/t18-,24-,27?/m1/s1. The van der Waals surface area contributed by atoms with Crippen LogP contribution in [0.25, 0.3) is 0 Å². The lowest BCUT2D eigenvalue weighted by Crippen LogP contribution is -2.51. The molecule has 186 valence electrons. The van der Waals surface area contributed by atoms with Crippen molar-refractivity contribution < 1.29 is 33.7 Å². The number of carbonyl (C=O) groups is 2. The maximum atomic E-state index is 14.5. The van der Waals surface area contributed by atoms with Crippen molar-refractivity contribution in [1.82, 2.24) is 4.90 Å². The number of rotatable bonds is 5. The van der Waals surface area contributed by atoms with Gasteiger partial charge in [0.2, 0.25) is 5.91 Å². The van der Waals surface area contributed by atoms with Crippen molar-refractivity contribution in [3.05, 3.63) is 77.1 Å². The van der Waals surface area contributed by atoms with E-state index in [-0.39, 0.29) is 17.9 Å². The third kappa shape index (κ3) is 3.30. The average Bonchev–Trinajstić information content (AvgIpc) is 3.34. The summed E-state index contributed by atoms with van der Waals surface area (Å²) in [7, 11) is 4.77. The van der Waals surface area contributed by atoms with E-state index in [9.17, 15) is 24.2 Å². The SMILES string of the molecule is COc1ccc(OC)c([C@H]2CN(C)C3(C(=O)Nc4ccc(F)cc43)[C@H]2C(=O)c2ccc(O)c(O)c2)c1. The van der Waals surface area contributed by atoms with Gasteiger partial charge >= 0.3 is 0 Å². The quantitative estimate of drug-likeness (QED) is 0.369. The monoisotopic (exact) mass is 492 g/mol. The molecule has 0 saturated carbocycles. The van der Waals surface area contributed by atoms with Crippen LogP contribution in [0, 0.1) is 11.7 Å².